The van der Waals surface area contributed by atoms with Crippen LogP contribution in [0.15, 0.2) is 42.7 Å². The predicted molar refractivity (Wildman–Crippen MR) is 75.4 cm³/mol. The first-order chi connectivity index (χ1) is 8.49. The Morgan fingerprint density at radius 3 is 2.44 bits per heavy atom. The van der Waals surface area contributed by atoms with Crippen LogP contribution >= 0.6 is 0 Å². The van der Waals surface area contributed by atoms with Gasteiger partial charge in [-0.15, -0.1) is 0 Å². The van der Waals surface area contributed by atoms with Gasteiger partial charge in [-0.3, -0.25) is 4.98 Å². The van der Waals surface area contributed by atoms with Crippen molar-refractivity contribution in [2.24, 2.45) is 5.73 Å². The Kier molecular flexibility index (Phi) is 3.48. The first-order valence-corrected chi connectivity index (χ1v) is 6.24. The number of rotatable bonds is 3. The number of aryl methyl sites for hydroxylation is 2. The van der Waals surface area contributed by atoms with Crippen molar-refractivity contribution in [3.63, 3.8) is 0 Å². The van der Waals surface area contributed by atoms with Gasteiger partial charge in [0.25, 0.3) is 0 Å². The zero-order valence-corrected chi connectivity index (χ0v) is 11.3. The maximum Gasteiger partial charge on any atom is 0.0424 e. The van der Waals surface area contributed by atoms with Gasteiger partial charge >= 0.3 is 0 Å². The maximum absolute atomic E-state index is 6.52. The summed E-state index contributed by atoms with van der Waals surface area (Å²) < 4.78 is 0. The molecule has 2 N–H and O–H groups in total. The largest absolute Gasteiger partial charge is 0.321 e. The molecule has 1 aromatic carbocycles. The number of aromatic nitrogens is 1. The van der Waals surface area contributed by atoms with Crippen LogP contribution in [0.3, 0.4) is 0 Å². The average molecular weight is 240 g/mol. The Labute approximate surface area is 109 Å². The molecule has 1 unspecified atom stereocenters. The first-order valence-electron chi connectivity index (χ1n) is 6.24. The number of pyridine rings is 1. The van der Waals surface area contributed by atoms with E-state index >= 15 is 0 Å². The molecule has 0 fully saturated rings. The zero-order chi connectivity index (χ0) is 13.2. The highest BCUT2D eigenvalue weighted by Gasteiger charge is 2.23. The molecule has 94 valence electrons. The summed E-state index contributed by atoms with van der Waals surface area (Å²) in [5.41, 5.74) is 11.1. The van der Waals surface area contributed by atoms with Gasteiger partial charge in [-0.25, -0.2) is 0 Å². The Balaban J connectivity index is 2.33. The minimum absolute atomic E-state index is 0.350. The molecule has 0 amide bonds. The summed E-state index contributed by atoms with van der Waals surface area (Å²) in [6, 6.07) is 10.5. The normalized spacial score (nSPS) is 14.2. The number of nitrogens with zero attached hydrogens (tertiary/aromatic N) is 1. The summed E-state index contributed by atoms with van der Waals surface area (Å²) in [5, 5.41) is 0. The second-order valence-corrected chi connectivity index (χ2v) is 5.27. The first kappa shape index (κ1) is 12.8. The van der Waals surface area contributed by atoms with E-state index in [2.05, 4.69) is 44.0 Å². The van der Waals surface area contributed by atoms with Crippen LogP contribution in [0, 0.1) is 13.8 Å². The summed E-state index contributed by atoms with van der Waals surface area (Å²) in [6.07, 6.45) is 4.45. The van der Waals surface area contributed by atoms with Gasteiger partial charge in [-0.1, -0.05) is 23.8 Å². The summed E-state index contributed by atoms with van der Waals surface area (Å²) in [5.74, 6) is 0. The second-order valence-electron chi connectivity index (χ2n) is 5.27. The molecule has 2 heteroatoms. The number of hydrogen-bond donors (Lipinski definition) is 1. The highest BCUT2D eigenvalue weighted by molar-refractivity contribution is 5.36. The molecule has 2 nitrogen and oxygen atoms in total. The minimum Gasteiger partial charge on any atom is -0.321 e. The zero-order valence-electron chi connectivity index (χ0n) is 11.3. The van der Waals surface area contributed by atoms with E-state index in [1.54, 1.807) is 0 Å². The third-order valence-corrected chi connectivity index (χ3v) is 3.33. The molecule has 1 aromatic heterocycles. The van der Waals surface area contributed by atoms with Gasteiger partial charge in [0.15, 0.2) is 0 Å². The fourth-order valence-electron chi connectivity index (χ4n) is 2.37. The molecule has 0 radical (unpaired) electrons. The SMILES string of the molecule is Cc1ccc(C)c(C(C)(N)Cc2ccncc2)c1. The summed E-state index contributed by atoms with van der Waals surface area (Å²) >= 11 is 0. The molecule has 2 aromatic rings. The molecule has 0 saturated carbocycles. The molecule has 0 saturated heterocycles. The lowest BCUT2D eigenvalue weighted by atomic mass is 9.83. The van der Waals surface area contributed by atoms with Crippen LogP contribution in [0.25, 0.3) is 0 Å². The third-order valence-electron chi connectivity index (χ3n) is 3.33. The molecule has 0 aliphatic carbocycles. The Bertz CT molecular complexity index is 530. The number of benzene rings is 1. The van der Waals surface area contributed by atoms with E-state index in [0.717, 1.165) is 6.42 Å². The van der Waals surface area contributed by atoms with Crippen molar-refractivity contribution in [2.45, 2.75) is 32.7 Å². The van der Waals surface area contributed by atoms with Crippen molar-refractivity contribution in [3.8, 4) is 0 Å². The van der Waals surface area contributed by atoms with E-state index < -0.39 is 0 Å². The monoisotopic (exact) mass is 240 g/mol. The Morgan fingerprint density at radius 2 is 1.78 bits per heavy atom. The van der Waals surface area contributed by atoms with Crippen molar-refractivity contribution in [1.29, 1.82) is 0 Å². The molecule has 0 spiro atoms. The molecular weight excluding hydrogens is 220 g/mol. The van der Waals surface area contributed by atoms with Crippen molar-refractivity contribution < 1.29 is 0 Å². The molecule has 1 heterocycles. The van der Waals surface area contributed by atoms with Crippen LogP contribution in [0.4, 0.5) is 0 Å². The van der Waals surface area contributed by atoms with Crippen molar-refractivity contribution in [2.75, 3.05) is 0 Å². The molecule has 18 heavy (non-hydrogen) atoms. The Morgan fingerprint density at radius 1 is 1.11 bits per heavy atom. The van der Waals surface area contributed by atoms with Crippen LogP contribution in [0.1, 0.15) is 29.2 Å². The van der Waals surface area contributed by atoms with Gasteiger partial charge in [0.1, 0.15) is 0 Å². The standard InChI is InChI=1S/C16H20N2/c1-12-4-5-13(2)15(10-12)16(3,17)11-14-6-8-18-9-7-14/h4-10H,11,17H2,1-3H3. The van der Waals surface area contributed by atoms with Crippen LogP contribution in [-0.4, -0.2) is 4.98 Å². The van der Waals surface area contributed by atoms with E-state index in [-0.39, 0.29) is 5.54 Å². The molecule has 0 aliphatic heterocycles. The Hall–Kier alpha value is -1.67. The molecular formula is C16H20N2. The van der Waals surface area contributed by atoms with E-state index in [9.17, 15) is 0 Å². The van der Waals surface area contributed by atoms with Crippen molar-refractivity contribution in [1.82, 2.24) is 4.98 Å². The highest BCUT2D eigenvalue weighted by atomic mass is 14.7. The van der Waals surface area contributed by atoms with Gasteiger partial charge in [-0.05, 0) is 56.0 Å². The molecule has 0 bridgehead atoms. The number of nitrogens with two attached hydrogens (primary N) is 1. The quantitative estimate of drug-likeness (QED) is 0.895. The van der Waals surface area contributed by atoms with Gasteiger partial charge in [0.05, 0.1) is 0 Å². The molecule has 1 atom stereocenters. The van der Waals surface area contributed by atoms with E-state index in [0.29, 0.717) is 0 Å². The lowest BCUT2D eigenvalue weighted by Gasteiger charge is -2.27. The minimum atomic E-state index is -0.350. The van der Waals surface area contributed by atoms with Crippen LogP contribution in [0.5, 0.6) is 0 Å². The van der Waals surface area contributed by atoms with Crippen LogP contribution in [0.2, 0.25) is 0 Å². The van der Waals surface area contributed by atoms with Gasteiger partial charge in [0.2, 0.25) is 0 Å². The number of hydrogen-bond acceptors (Lipinski definition) is 2. The van der Waals surface area contributed by atoms with E-state index in [1.807, 2.05) is 24.5 Å². The van der Waals surface area contributed by atoms with E-state index in [1.165, 1.54) is 22.3 Å². The summed E-state index contributed by atoms with van der Waals surface area (Å²) in [4.78, 5) is 4.04. The van der Waals surface area contributed by atoms with Crippen LogP contribution in [-0.2, 0) is 12.0 Å². The van der Waals surface area contributed by atoms with E-state index in [4.69, 9.17) is 5.73 Å². The molecule has 0 aliphatic rings. The third kappa shape index (κ3) is 2.77. The maximum atomic E-state index is 6.52. The van der Waals surface area contributed by atoms with Crippen molar-refractivity contribution in [3.05, 3.63) is 65.0 Å². The average Bonchev–Trinajstić information content (AvgIpc) is 2.33. The predicted octanol–water partition coefficient (Wildman–Crippen LogP) is 3.12. The second kappa shape index (κ2) is 4.91. The topological polar surface area (TPSA) is 38.9 Å². The van der Waals surface area contributed by atoms with Crippen LogP contribution < -0.4 is 5.73 Å². The lowest BCUT2D eigenvalue weighted by molar-refractivity contribution is 0.488. The fraction of sp³-hybridized carbons (Fsp3) is 0.312. The molecule has 2 rings (SSSR count). The smallest absolute Gasteiger partial charge is 0.0424 e. The fourth-order valence-corrected chi connectivity index (χ4v) is 2.37. The van der Waals surface area contributed by atoms with Gasteiger partial charge < -0.3 is 5.73 Å². The lowest BCUT2D eigenvalue weighted by Crippen LogP contribution is -2.36. The van der Waals surface area contributed by atoms with Crippen molar-refractivity contribution >= 4 is 0 Å². The highest BCUT2D eigenvalue weighted by Crippen LogP contribution is 2.26. The summed E-state index contributed by atoms with van der Waals surface area (Å²) in [6.45, 7) is 6.31. The summed E-state index contributed by atoms with van der Waals surface area (Å²) in [7, 11) is 0. The van der Waals surface area contributed by atoms with Gasteiger partial charge in [0, 0.05) is 17.9 Å². The van der Waals surface area contributed by atoms with Gasteiger partial charge in [-0.2, -0.15) is 0 Å².